The van der Waals surface area contributed by atoms with Gasteiger partial charge in [-0.3, -0.25) is 14.4 Å². The zero-order valence-corrected chi connectivity index (χ0v) is 15.5. The third-order valence-electron chi connectivity index (χ3n) is 4.36. The minimum absolute atomic E-state index is 0.0288. The van der Waals surface area contributed by atoms with Gasteiger partial charge in [0.25, 0.3) is 11.8 Å². The Morgan fingerprint density at radius 3 is 2.44 bits per heavy atom. The second-order valence-electron chi connectivity index (χ2n) is 6.89. The Morgan fingerprint density at radius 1 is 1.07 bits per heavy atom. The number of carbonyl (C=O) groups is 3. The highest BCUT2D eigenvalue weighted by Gasteiger charge is 2.26. The molecule has 6 nitrogen and oxygen atoms in total. The van der Waals surface area contributed by atoms with Crippen molar-refractivity contribution < 1.29 is 14.4 Å². The van der Waals surface area contributed by atoms with Crippen molar-refractivity contribution in [1.82, 2.24) is 10.2 Å². The van der Waals surface area contributed by atoms with Gasteiger partial charge in [-0.1, -0.05) is 18.2 Å². The maximum Gasteiger partial charge on any atom is 0.254 e. The summed E-state index contributed by atoms with van der Waals surface area (Å²) in [7, 11) is 0. The smallest absolute Gasteiger partial charge is 0.254 e. The summed E-state index contributed by atoms with van der Waals surface area (Å²) in [6.45, 7) is 4.71. The van der Waals surface area contributed by atoms with E-state index in [0.717, 1.165) is 5.56 Å². The van der Waals surface area contributed by atoms with E-state index in [9.17, 15) is 14.4 Å². The number of rotatable bonds is 6. The van der Waals surface area contributed by atoms with Crippen LogP contribution in [0.1, 0.15) is 46.5 Å². The van der Waals surface area contributed by atoms with Crippen molar-refractivity contribution in [3.8, 4) is 0 Å². The molecule has 0 radical (unpaired) electrons. The maximum atomic E-state index is 12.3. The lowest BCUT2D eigenvalue weighted by atomic mass is 10.1. The molecule has 2 N–H and O–H groups in total. The minimum Gasteiger partial charge on any atom is -0.350 e. The lowest BCUT2D eigenvalue weighted by Gasteiger charge is -2.15. The fourth-order valence-electron chi connectivity index (χ4n) is 3.01. The summed E-state index contributed by atoms with van der Waals surface area (Å²) in [4.78, 5) is 38.1. The lowest BCUT2D eigenvalue weighted by molar-refractivity contribution is -0.116. The van der Waals surface area contributed by atoms with E-state index in [1.165, 1.54) is 0 Å². The van der Waals surface area contributed by atoms with Gasteiger partial charge < -0.3 is 15.5 Å². The predicted octanol–water partition coefficient (Wildman–Crippen LogP) is 2.81. The van der Waals surface area contributed by atoms with Gasteiger partial charge in [0.05, 0.1) is 0 Å². The van der Waals surface area contributed by atoms with Crippen molar-refractivity contribution in [2.45, 2.75) is 32.9 Å². The van der Waals surface area contributed by atoms with Gasteiger partial charge in [-0.2, -0.15) is 0 Å². The molecule has 1 aliphatic heterocycles. The number of carbonyl (C=O) groups excluding carboxylic acids is 3. The van der Waals surface area contributed by atoms with Crippen molar-refractivity contribution in [2.75, 3.05) is 11.9 Å². The van der Waals surface area contributed by atoms with Gasteiger partial charge in [0, 0.05) is 42.4 Å². The molecule has 0 saturated heterocycles. The van der Waals surface area contributed by atoms with Crippen LogP contribution in [0.3, 0.4) is 0 Å². The third-order valence-corrected chi connectivity index (χ3v) is 4.36. The van der Waals surface area contributed by atoms with E-state index in [1.54, 1.807) is 29.2 Å². The van der Waals surface area contributed by atoms with Gasteiger partial charge in [-0.05, 0) is 49.7 Å². The van der Waals surface area contributed by atoms with Crippen molar-refractivity contribution >= 4 is 23.4 Å². The molecule has 0 spiro atoms. The number of benzene rings is 2. The summed E-state index contributed by atoms with van der Waals surface area (Å²) < 4.78 is 0. The van der Waals surface area contributed by atoms with Crippen LogP contribution in [0.2, 0.25) is 0 Å². The molecule has 27 heavy (non-hydrogen) atoms. The summed E-state index contributed by atoms with van der Waals surface area (Å²) in [5.41, 5.74) is 2.88. The maximum absolute atomic E-state index is 12.3. The molecule has 6 heteroatoms. The number of anilines is 1. The molecule has 0 saturated carbocycles. The van der Waals surface area contributed by atoms with E-state index < -0.39 is 0 Å². The number of hydrogen-bond acceptors (Lipinski definition) is 3. The number of fused-ring (bicyclic) bond motifs is 1. The largest absolute Gasteiger partial charge is 0.350 e. The normalized spacial score (nSPS) is 12.9. The molecule has 3 amide bonds. The van der Waals surface area contributed by atoms with Crippen molar-refractivity contribution in [3.63, 3.8) is 0 Å². The highest BCUT2D eigenvalue weighted by molar-refractivity contribution is 5.99. The van der Waals surface area contributed by atoms with Crippen molar-refractivity contribution in [3.05, 3.63) is 65.2 Å². The zero-order chi connectivity index (χ0) is 19.4. The van der Waals surface area contributed by atoms with Crippen LogP contribution in [0.5, 0.6) is 0 Å². The topological polar surface area (TPSA) is 78.5 Å². The first-order chi connectivity index (χ1) is 12.9. The number of nitrogens with one attached hydrogen (secondary N) is 2. The monoisotopic (exact) mass is 365 g/mol. The highest BCUT2D eigenvalue weighted by Crippen LogP contribution is 2.22. The first-order valence-corrected chi connectivity index (χ1v) is 9.02. The number of nitrogens with zero attached hydrogens (tertiary/aromatic N) is 1. The van der Waals surface area contributed by atoms with E-state index >= 15 is 0 Å². The molecule has 0 bridgehead atoms. The molecule has 3 rings (SSSR count). The van der Waals surface area contributed by atoms with Gasteiger partial charge in [0.1, 0.15) is 0 Å². The standard InChI is InChI=1S/C21H23N3O3/c1-14(2)22-20(26)15-7-9-17(10-8-15)23-19(25)11-12-24-13-16-5-3-4-6-18(16)21(24)27/h3-10,14H,11-13H2,1-2H3,(H,22,26)(H,23,25). The fourth-order valence-corrected chi connectivity index (χ4v) is 3.01. The van der Waals surface area contributed by atoms with Crippen LogP contribution in [-0.4, -0.2) is 35.2 Å². The molecule has 0 unspecified atom stereocenters. The van der Waals surface area contributed by atoms with E-state index in [-0.39, 0.29) is 30.2 Å². The molecule has 2 aromatic rings. The highest BCUT2D eigenvalue weighted by atomic mass is 16.2. The average Bonchev–Trinajstić information content (AvgIpc) is 2.96. The van der Waals surface area contributed by atoms with Crippen molar-refractivity contribution in [1.29, 1.82) is 0 Å². The number of hydrogen-bond donors (Lipinski definition) is 2. The Labute approximate surface area is 158 Å². The van der Waals surface area contributed by atoms with Crippen LogP contribution in [0.25, 0.3) is 0 Å². The van der Waals surface area contributed by atoms with Crippen LogP contribution in [0.4, 0.5) is 5.69 Å². The van der Waals surface area contributed by atoms with Gasteiger partial charge in [0.15, 0.2) is 0 Å². The molecule has 1 aliphatic rings. The van der Waals surface area contributed by atoms with E-state index in [0.29, 0.717) is 29.9 Å². The molecular formula is C21H23N3O3. The van der Waals surface area contributed by atoms with Crippen LogP contribution < -0.4 is 10.6 Å². The Balaban J connectivity index is 1.50. The van der Waals surface area contributed by atoms with Crippen LogP contribution in [-0.2, 0) is 11.3 Å². The molecule has 0 atom stereocenters. The minimum atomic E-state index is -0.168. The SMILES string of the molecule is CC(C)NC(=O)c1ccc(NC(=O)CCN2Cc3ccccc3C2=O)cc1. The molecule has 0 aromatic heterocycles. The van der Waals surface area contributed by atoms with E-state index in [1.807, 2.05) is 38.1 Å². The second kappa shape index (κ2) is 8.03. The van der Waals surface area contributed by atoms with Gasteiger partial charge in [-0.15, -0.1) is 0 Å². The summed E-state index contributed by atoms with van der Waals surface area (Å²) in [6.07, 6.45) is 0.218. The summed E-state index contributed by atoms with van der Waals surface area (Å²) in [5.74, 6) is -0.341. The quantitative estimate of drug-likeness (QED) is 0.826. The van der Waals surface area contributed by atoms with Crippen molar-refractivity contribution in [2.24, 2.45) is 0 Å². The molecular weight excluding hydrogens is 342 g/mol. The third kappa shape index (κ3) is 4.53. The van der Waals surface area contributed by atoms with Crippen LogP contribution in [0.15, 0.2) is 48.5 Å². The molecule has 2 aromatic carbocycles. The summed E-state index contributed by atoms with van der Waals surface area (Å²) in [5, 5.41) is 5.62. The lowest BCUT2D eigenvalue weighted by Crippen LogP contribution is -2.30. The Morgan fingerprint density at radius 2 is 1.78 bits per heavy atom. The molecule has 140 valence electrons. The van der Waals surface area contributed by atoms with Gasteiger partial charge in [0.2, 0.25) is 5.91 Å². The molecule has 1 heterocycles. The van der Waals surface area contributed by atoms with Gasteiger partial charge in [-0.25, -0.2) is 0 Å². The second-order valence-corrected chi connectivity index (χ2v) is 6.89. The Bertz CT molecular complexity index is 859. The molecule has 0 fully saturated rings. The summed E-state index contributed by atoms with van der Waals surface area (Å²) >= 11 is 0. The predicted molar refractivity (Wildman–Crippen MR) is 103 cm³/mol. The van der Waals surface area contributed by atoms with Crippen LogP contribution >= 0.6 is 0 Å². The average molecular weight is 365 g/mol. The van der Waals surface area contributed by atoms with Crippen LogP contribution in [0, 0.1) is 0 Å². The summed E-state index contributed by atoms with van der Waals surface area (Å²) in [6, 6.07) is 14.3. The van der Waals surface area contributed by atoms with E-state index in [4.69, 9.17) is 0 Å². The Hall–Kier alpha value is -3.15. The van der Waals surface area contributed by atoms with E-state index in [2.05, 4.69) is 10.6 Å². The van der Waals surface area contributed by atoms with Gasteiger partial charge >= 0.3 is 0 Å². The fraction of sp³-hybridized carbons (Fsp3) is 0.286. The zero-order valence-electron chi connectivity index (χ0n) is 15.5. The number of amides is 3. The first-order valence-electron chi connectivity index (χ1n) is 9.02. The first kappa shape index (κ1) is 18.6. The Kier molecular flexibility index (Phi) is 5.54. The molecule has 0 aliphatic carbocycles.